The molecule has 2 amide bonds. The Morgan fingerprint density at radius 1 is 0.947 bits per heavy atom. The van der Waals surface area contributed by atoms with E-state index < -0.39 is 10.0 Å². The summed E-state index contributed by atoms with van der Waals surface area (Å²) in [5.41, 5.74) is 2.79. The molecule has 0 saturated carbocycles. The Hall–Kier alpha value is -4.37. The third-order valence-corrected chi connectivity index (χ3v) is 7.93. The molecule has 0 aliphatic carbocycles. The number of sulfonamides is 1. The Labute approximate surface area is 221 Å². The molecule has 2 N–H and O–H groups in total. The lowest BCUT2D eigenvalue weighted by Gasteiger charge is -2.17. The summed E-state index contributed by atoms with van der Waals surface area (Å²) in [6, 6.07) is 21.4. The average Bonchev–Trinajstić information content (AvgIpc) is 3.20. The molecule has 4 aromatic carbocycles. The molecular weight excluding hydrogens is 502 g/mol. The number of carbonyl (C=O) groups is 2. The van der Waals surface area contributed by atoms with Crippen LogP contribution in [0.5, 0.6) is 5.75 Å². The van der Waals surface area contributed by atoms with Gasteiger partial charge in [0.2, 0.25) is 0 Å². The molecule has 0 radical (unpaired) electrons. The van der Waals surface area contributed by atoms with Crippen LogP contribution in [0.2, 0.25) is 0 Å². The molecule has 1 aliphatic heterocycles. The molecule has 5 rings (SSSR count). The van der Waals surface area contributed by atoms with Crippen LogP contribution < -0.4 is 19.7 Å². The summed E-state index contributed by atoms with van der Waals surface area (Å²) in [7, 11) is -2.29. The van der Waals surface area contributed by atoms with E-state index in [-0.39, 0.29) is 16.7 Å². The zero-order valence-electron chi connectivity index (χ0n) is 21.0. The molecule has 1 aliphatic rings. The van der Waals surface area contributed by atoms with Crippen LogP contribution in [0.25, 0.3) is 10.8 Å². The van der Waals surface area contributed by atoms with Gasteiger partial charge in [-0.05, 0) is 73.2 Å². The third kappa shape index (κ3) is 4.68. The van der Waals surface area contributed by atoms with E-state index in [0.717, 1.165) is 29.3 Å². The number of nitrogens with one attached hydrogen (secondary N) is 2. The fourth-order valence-electron chi connectivity index (χ4n) is 4.55. The van der Waals surface area contributed by atoms with Crippen molar-refractivity contribution in [1.29, 1.82) is 0 Å². The van der Waals surface area contributed by atoms with Crippen molar-refractivity contribution in [3.05, 3.63) is 90.0 Å². The maximum absolute atomic E-state index is 13.1. The summed E-state index contributed by atoms with van der Waals surface area (Å²) < 4.78 is 33.0. The van der Waals surface area contributed by atoms with E-state index in [0.29, 0.717) is 34.8 Å². The van der Waals surface area contributed by atoms with Crippen LogP contribution >= 0.6 is 0 Å². The standard InChI is InChI=1S/C29H27N3O5S/c1-3-4-18-32-26-17-16-25(23-6-5-7-24(27(23)26)29(32)34)30-28(33)19-8-10-20(11-9-19)31-38(35,36)22-14-12-21(37-2)13-15-22/h5-17,31H,3-4,18H2,1-2H3,(H,30,33). The number of ether oxygens (including phenoxy) is 1. The maximum Gasteiger partial charge on any atom is 0.261 e. The maximum atomic E-state index is 13.1. The van der Waals surface area contributed by atoms with E-state index in [4.69, 9.17) is 4.74 Å². The van der Waals surface area contributed by atoms with Crippen molar-refractivity contribution in [2.45, 2.75) is 24.7 Å². The number of hydrogen-bond acceptors (Lipinski definition) is 5. The van der Waals surface area contributed by atoms with Gasteiger partial charge in [0.25, 0.3) is 21.8 Å². The van der Waals surface area contributed by atoms with E-state index in [1.54, 1.807) is 29.2 Å². The zero-order valence-corrected chi connectivity index (χ0v) is 21.8. The Bertz CT molecular complexity index is 1630. The minimum atomic E-state index is -3.80. The van der Waals surface area contributed by atoms with Gasteiger partial charge in [0.1, 0.15) is 5.75 Å². The highest BCUT2D eigenvalue weighted by Crippen LogP contribution is 2.40. The lowest BCUT2D eigenvalue weighted by atomic mass is 10.0. The Morgan fingerprint density at radius 3 is 2.37 bits per heavy atom. The van der Waals surface area contributed by atoms with Crippen LogP contribution in [0.1, 0.15) is 40.5 Å². The van der Waals surface area contributed by atoms with Gasteiger partial charge in [0.15, 0.2) is 0 Å². The fourth-order valence-corrected chi connectivity index (χ4v) is 5.60. The van der Waals surface area contributed by atoms with Crippen molar-refractivity contribution in [3.63, 3.8) is 0 Å². The predicted octanol–water partition coefficient (Wildman–Crippen LogP) is 5.66. The monoisotopic (exact) mass is 529 g/mol. The largest absolute Gasteiger partial charge is 0.497 e. The first-order valence-corrected chi connectivity index (χ1v) is 13.8. The topological polar surface area (TPSA) is 105 Å². The summed E-state index contributed by atoms with van der Waals surface area (Å²) in [6.07, 6.45) is 1.89. The first kappa shape index (κ1) is 25.3. The van der Waals surface area contributed by atoms with Gasteiger partial charge >= 0.3 is 0 Å². The third-order valence-electron chi connectivity index (χ3n) is 6.54. The Balaban J connectivity index is 1.34. The summed E-state index contributed by atoms with van der Waals surface area (Å²) in [4.78, 5) is 27.9. The number of anilines is 3. The van der Waals surface area contributed by atoms with Gasteiger partial charge < -0.3 is 15.0 Å². The number of hydrogen-bond donors (Lipinski definition) is 2. The summed E-state index contributed by atoms with van der Waals surface area (Å²) in [5.74, 6) is 0.192. The van der Waals surface area contributed by atoms with Gasteiger partial charge in [-0.15, -0.1) is 0 Å². The molecule has 0 aromatic heterocycles. The van der Waals surface area contributed by atoms with Gasteiger partial charge in [-0.25, -0.2) is 8.42 Å². The molecule has 0 saturated heterocycles. The van der Waals surface area contributed by atoms with E-state index in [2.05, 4.69) is 17.0 Å². The molecule has 0 unspecified atom stereocenters. The number of rotatable bonds is 9. The molecule has 1 heterocycles. The number of nitrogens with zero attached hydrogens (tertiary/aromatic N) is 1. The van der Waals surface area contributed by atoms with Crippen molar-refractivity contribution in [2.75, 3.05) is 28.6 Å². The van der Waals surface area contributed by atoms with Crippen LogP contribution in [0.4, 0.5) is 17.1 Å². The highest BCUT2D eigenvalue weighted by atomic mass is 32.2. The van der Waals surface area contributed by atoms with Crippen molar-refractivity contribution < 1.29 is 22.7 Å². The van der Waals surface area contributed by atoms with Gasteiger partial charge in [-0.3, -0.25) is 14.3 Å². The smallest absolute Gasteiger partial charge is 0.261 e. The van der Waals surface area contributed by atoms with E-state index in [1.165, 1.54) is 31.4 Å². The molecule has 0 bridgehead atoms. The van der Waals surface area contributed by atoms with E-state index in [1.807, 2.05) is 30.3 Å². The van der Waals surface area contributed by atoms with Crippen LogP contribution in [-0.4, -0.2) is 33.9 Å². The number of amides is 2. The minimum Gasteiger partial charge on any atom is -0.497 e. The van der Waals surface area contributed by atoms with Gasteiger partial charge in [0.05, 0.1) is 17.7 Å². The lowest BCUT2D eigenvalue weighted by molar-refractivity contribution is 0.0991. The van der Waals surface area contributed by atoms with Crippen LogP contribution in [0.3, 0.4) is 0 Å². The molecule has 0 fully saturated rings. The SMILES string of the molecule is CCCCN1C(=O)c2cccc3c(NC(=O)c4ccc(NS(=O)(=O)c5ccc(OC)cc5)cc4)ccc1c23. The zero-order chi connectivity index (χ0) is 26.9. The number of methoxy groups -OCH3 is 1. The highest BCUT2D eigenvalue weighted by Gasteiger charge is 2.30. The van der Waals surface area contributed by atoms with Crippen molar-refractivity contribution in [2.24, 2.45) is 0 Å². The molecule has 8 nitrogen and oxygen atoms in total. The predicted molar refractivity (Wildman–Crippen MR) is 149 cm³/mol. The van der Waals surface area contributed by atoms with Crippen LogP contribution in [0, 0.1) is 0 Å². The molecular formula is C29H27N3O5S. The summed E-state index contributed by atoms with van der Waals surface area (Å²) in [5, 5.41) is 4.58. The first-order valence-electron chi connectivity index (χ1n) is 12.3. The molecule has 0 atom stereocenters. The second-order valence-electron chi connectivity index (χ2n) is 8.98. The van der Waals surface area contributed by atoms with Crippen LogP contribution in [0.15, 0.2) is 83.8 Å². The van der Waals surface area contributed by atoms with Gasteiger partial charge in [0, 0.05) is 39.8 Å². The molecule has 0 spiro atoms. The number of benzene rings is 4. The Morgan fingerprint density at radius 2 is 1.68 bits per heavy atom. The number of unbranched alkanes of at least 4 members (excludes halogenated alkanes) is 1. The second kappa shape index (κ2) is 10.2. The lowest BCUT2D eigenvalue weighted by Crippen LogP contribution is -2.27. The van der Waals surface area contributed by atoms with Gasteiger partial charge in [-0.1, -0.05) is 25.5 Å². The quantitative estimate of drug-likeness (QED) is 0.291. The second-order valence-corrected chi connectivity index (χ2v) is 10.7. The van der Waals surface area contributed by atoms with Crippen molar-refractivity contribution in [1.82, 2.24) is 0 Å². The average molecular weight is 530 g/mol. The van der Waals surface area contributed by atoms with E-state index in [9.17, 15) is 18.0 Å². The van der Waals surface area contributed by atoms with Crippen LogP contribution in [-0.2, 0) is 10.0 Å². The van der Waals surface area contributed by atoms with Gasteiger partial charge in [-0.2, -0.15) is 0 Å². The summed E-state index contributed by atoms with van der Waals surface area (Å²) in [6.45, 7) is 2.74. The highest BCUT2D eigenvalue weighted by molar-refractivity contribution is 7.92. The molecule has 38 heavy (non-hydrogen) atoms. The summed E-state index contributed by atoms with van der Waals surface area (Å²) >= 11 is 0. The Kier molecular flexibility index (Phi) is 6.77. The molecule has 4 aromatic rings. The van der Waals surface area contributed by atoms with E-state index >= 15 is 0 Å². The van der Waals surface area contributed by atoms with Crippen molar-refractivity contribution >= 4 is 49.7 Å². The fraction of sp³-hybridized carbons (Fsp3) is 0.172. The minimum absolute atomic E-state index is 0.0183. The first-order chi connectivity index (χ1) is 18.3. The number of carbonyl (C=O) groups excluding carboxylic acids is 2. The molecule has 9 heteroatoms. The molecule has 194 valence electrons. The normalized spacial score (nSPS) is 12.6. The van der Waals surface area contributed by atoms with Crippen molar-refractivity contribution in [3.8, 4) is 5.75 Å².